The Labute approximate surface area is 225 Å². The summed E-state index contributed by atoms with van der Waals surface area (Å²) in [6, 6.07) is 9.46. The Bertz CT molecular complexity index is 1190. The van der Waals surface area contributed by atoms with Gasteiger partial charge in [0.05, 0.1) is 14.2 Å². The first kappa shape index (κ1) is 29.0. The summed E-state index contributed by atoms with van der Waals surface area (Å²) in [6.07, 6.45) is 2.91. The number of carbonyl (C=O) groups excluding carboxylic acids is 1. The molecule has 1 atom stereocenters. The number of benzene rings is 2. The largest absolute Gasteiger partial charge is 0.493 e. The van der Waals surface area contributed by atoms with Gasteiger partial charge in [-0.1, -0.05) is 6.07 Å². The highest BCUT2D eigenvalue weighted by Gasteiger charge is 2.27. The topological polar surface area (TPSA) is 97.4 Å². The van der Waals surface area contributed by atoms with Gasteiger partial charge in [0.25, 0.3) is 0 Å². The van der Waals surface area contributed by atoms with E-state index in [0.29, 0.717) is 37.7 Å². The van der Waals surface area contributed by atoms with Crippen LogP contribution in [0.2, 0.25) is 0 Å². The number of nitrogens with zero attached hydrogens (tertiary/aromatic N) is 2. The molecule has 0 radical (unpaired) electrons. The number of halogens is 1. The highest BCUT2D eigenvalue weighted by atomic mass is 35.5. The summed E-state index contributed by atoms with van der Waals surface area (Å²) in [5.74, 6) is 2.29. The Morgan fingerprint density at radius 1 is 1.03 bits per heavy atom. The SMILES string of the molecule is COc1cc2c(cc1OC)CCN(C(=O)CCNCC1Cc3cc(OS(=O)(=O)N(C)C)ccc31)CC2.Cl. The second kappa shape index (κ2) is 12.3. The summed E-state index contributed by atoms with van der Waals surface area (Å²) < 4.78 is 40.8. The van der Waals surface area contributed by atoms with Crippen LogP contribution < -0.4 is 19.0 Å². The predicted octanol–water partition coefficient (Wildman–Crippen LogP) is 2.56. The van der Waals surface area contributed by atoms with Gasteiger partial charge in [-0.05, 0) is 65.8 Å². The van der Waals surface area contributed by atoms with Crippen LogP contribution in [0, 0.1) is 0 Å². The Morgan fingerprint density at radius 2 is 1.65 bits per heavy atom. The van der Waals surface area contributed by atoms with Crippen molar-refractivity contribution in [3.63, 3.8) is 0 Å². The fourth-order valence-corrected chi connectivity index (χ4v) is 5.26. The Morgan fingerprint density at radius 3 is 2.19 bits per heavy atom. The number of rotatable bonds is 10. The van der Waals surface area contributed by atoms with E-state index in [1.165, 1.54) is 30.8 Å². The molecule has 0 saturated heterocycles. The summed E-state index contributed by atoms with van der Waals surface area (Å²) in [7, 11) is 2.38. The number of ether oxygens (including phenoxy) is 2. The van der Waals surface area contributed by atoms with E-state index in [1.54, 1.807) is 26.4 Å². The van der Waals surface area contributed by atoms with Crippen molar-refractivity contribution in [1.29, 1.82) is 0 Å². The highest BCUT2D eigenvalue weighted by Crippen LogP contribution is 2.37. The number of fused-ring (bicyclic) bond motifs is 2. The fourth-order valence-electron chi connectivity index (χ4n) is 4.76. The molecule has 2 aromatic carbocycles. The number of hydrogen-bond donors (Lipinski definition) is 1. The van der Waals surface area contributed by atoms with Gasteiger partial charge >= 0.3 is 10.3 Å². The van der Waals surface area contributed by atoms with Crippen LogP contribution in [0.5, 0.6) is 17.2 Å². The number of hydrogen-bond acceptors (Lipinski definition) is 7. The molecule has 0 saturated carbocycles. The molecule has 2 aliphatic rings. The summed E-state index contributed by atoms with van der Waals surface area (Å²) in [5, 5.41) is 3.41. The van der Waals surface area contributed by atoms with Crippen LogP contribution in [0.15, 0.2) is 30.3 Å². The summed E-state index contributed by atoms with van der Waals surface area (Å²) in [4.78, 5) is 14.8. The molecule has 1 unspecified atom stereocenters. The predicted molar refractivity (Wildman–Crippen MR) is 144 cm³/mol. The van der Waals surface area contributed by atoms with E-state index in [1.807, 2.05) is 23.1 Å². The third-order valence-corrected chi connectivity index (χ3v) is 8.23. The van der Waals surface area contributed by atoms with Crippen molar-refractivity contribution < 1.29 is 26.9 Å². The maximum absolute atomic E-state index is 12.8. The molecule has 11 heteroatoms. The minimum absolute atomic E-state index is 0. The molecular weight excluding hydrogens is 518 g/mol. The Hall–Kier alpha value is -2.53. The van der Waals surface area contributed by atoms with Crippen LogP contribution in [0.3, 0.4) is 0 Å². The van der Waals surface area contributed by atoms with E-state index < -0.39 is 10.3 Å². The lowest BCUT2D eigenvalue weighted by atomic mass is 9.77. The lowest BCUT2D eigenvalue weighted by molar-refractivity contribution is -0.131. The van der Waals surface area contributed by atoms with Crippen LogP contribution in [0.25, 0.3) is 0 Å². The average molecular weight is 554 g/mol. The van der Waals surface area contributed by atoms with Crippen LogP contribution in [0.1, 0.15) is 34.6 Å². The van der Waals surface area contributed by atoms with Gasteiger partial charge in [-0.3, -0.25) is 4.79 Å². The van der Waals surface area contributed by atoms with E-state index in [4.69, 9.17) is 13.7 Å². The zero-order chi connectivity index (χ0) is 25.9. The zero-order valence-electron chi connectivity index (χ0n) is 21.8. The summed E-state index contributed by atoms with van der Waals surface area (Å²) in [6.45, 7) is 2.80. The normalized spacial score (nSPS) is 16.6. The minimum Gasteiger partial charge on any atom is -0.493 e. The molecule has 1 amide bonds. The molecule has 2 aromatic rings. The van der Waals surface area contributed by atoms with Crippen molar-refractivity contribution in [2.24, 2.45) is 0 Å². The molecular formula is C26H36ClN3O6S. The van der Waals surface area contributed by atoms with Crippen LogP contribution in [-0.4, -0.2) is 78.0 Å². The highest BCUT2D eigenvalue weighted by molar-refractivity contribution is 7.84. The van der Waals surface area contributed by atoms with Gasteiger partial charge in [0.2, 0.25) is 5.91 Å². The second-order valence-corrected chi connectivity index (χ2v) is 11.1. The molecule has 0 aromatic heterocycles. The Balaban J connectivity index is 0.00000380. The molecule has 0 fully saturated rings. The van der Waals surface area contributed by atoms with Crippen molar-refractivity contribution in [1.82, 2.24) is 14.5 Å². The zero-order valence-corrected chi connectivity index (χ0v) is 23.4. The van der Waals surface area contributed by atoms with E-state index >= 15 is 0 Å². The second-order valence-electron chi connectivity index (χ2n) is 9.40. The first-order valence-electron chi connectivity index (χ1n) is 12.2. The van der Waals surface area contributed by atoms with Gasteiger partial charge in [-0.25, -0.2) is 0 Å². The molecule has 1 N–H and O–H groups in total. The lowest BCUT2D eigenvalue weighted by Gasteiger charge is -2.31. The standard InChI is InChI=1S/C26H35N3O6S.ClH/c1-28(2)36(31,32)35-22-5-6-23-20(14-22)13-21(23)17-27-10-7-26(30)29-11-8-18-15-24(33-3)25(34-4)16-19(18)9-12-29;/h5-6,14-16,21,27H,7-13,17H2,1-4H3;1H. The molecule has 1 heterocycles. The van der Waals surface area contributed by atoms with Crippen molar-refractivity contribution in [2.75, 3.05) is 54.5 Å². The molecule has 4 rings (SSSR count). The van der Waals surface area contributed by atoms with Crippen molar-refractivity contribution >= 4 is 28.6 Å². The molecule has 1 aliphatic carbocycles. The van der Waals surface area contributed by atoms with Gasteiger partial charge in [0.15, 0.2) is 11.5 Å². The number of nitrogens with one attached hydrogen (secondary N) is 1. The Kier molecular flexibility index (Phi) is 9.68. The van der Waals surface area contributed by atoms with Gasteiger partial charge in [-0.2, -0.15) is 12.7 Å². The van der Waals surface area contributed by atoms with Crippen LogP contribution in [0.4, 0.5) is 0 Å². The van der Waals surface area contributed by atoms with Crippen molar-refractivity contribution in [3.05, 3.63) is 52.6 Å². The van der Waals surface area contributed by atoms with E-state index in [2.05, 4.69) is 5.32 Å². The first-order valence-corrected chi connectivity index (χ1v) is 13.6. The van der Waals surface area contributed by atoms with Gasteiger partial charge in [-0.15, -0.1) is 12.4 Å². The van der Waals surface area contributed by atoms with Crippen molar-refractivity contribution in [2.45, 2.75) is 31.6 Å². The van der Waals surface area contributed by atoms with E-state index in [9.17, 15) is 13.2 Å². The fraction of sp³-hybridized carbons (Fsp3) is 0.500. The third kappa shape index (κ3) is 6.67. The first-order chi connectivity index (χ1) is 17.2. The van der Waals surface area contributed by atoms with Gasteiger partial charge in [0.1, 0.15) is 5.75 Å². The maximum Gasteiger partial charge on any atom is 0.384 e. The van der Waals surface area contributed by atoms with Crippen molar-refractivity contribution in [3.8, 4) is 17.2 Å². The minimum atomic E-state index is -3.76. The number of amides is 1. The molecule has 37 heavy (non-hydrogen) atoms. The molecule has 1 aliphatic heterocycles. The van der Waals surface area contributed by atoms with Gasteiger partial charge in [0, 0.05) is 52.6 Å². The maximum atomic E-state index is 12.8. The third-order valence-electron chi connectivity index (χ3n) is 6.94. The molecule has 9 nitrogen and oxygen atoms in total. The molecule has 204 valence electrons. The van der Waals surface area contributed by atoms with E-state index in [-0.39, 0.29) is 18.3 Å². The van der Waals surface area contributed by atoms with Crippen LogP contribution >= 0.6 is 12.4 Å². The lowest BCUT2D eigenvalue weighted by Crippen LogP contribution is -2.36. The van der Waals surface area contributed by atoms with E-state index in [0.717, 1.165) is 47.2 Å². The number of carbonyl (C=O) groups is 1. The summed E-state index contributed by atoms with van der Waals surface area (Å²) >= 11 is 0. The monoisotopic (exact) mass is 553 g/mol. The van der Waals surface area contributed by atoms with Gasteiger partial charge < -0.3 is 23.9 Å². The molecule has 0 bridgehead atoms. The number of methoxy groups -OCH3 is 2. The van der Waals surface area contributed by atoms with Crippen LogP contribution in [-0.2, 0) is 34.4 Å². The summed E-state index contributed by atoms with van der Waals surface area (Å²) in [5.41, 5.74) is 4.71. The average Bonchev–Trinajstić information content (AvgIpc) is 3.05. The quantitative estimate of drug-likeness (QED) is 0.452. The smallest absolute Gasteiger partial charge is 0.384 e. The molecule has 0 spiro atoms.